The van der Waals surface area contributed by atoms with Gasteiger partial charge in [-0.15, -0.1) is 0 Å². The van der Waals surface area contributed by atoms with Crippen molar-refractivity contribution >= 4 is 40.6 Å². The van der Waals surface area contributed by atoms with Gasteiger partial charge in [0.2, 0.25) is 0 Å². The second-order valence-corrected chi connectivity index (χ2v) is 9.79. The number of carbonyl (C=O) groups excluding carboxylic acids is 3. The van der Waals surface area contributed by atoms with Crippen LogP contribution in [0.15, 0.2) is 71.6 Å². The van der Waals surface area contributed by atoms with Crippen LogP contribution in [0.2, 0.25) is 0 Å². The number of aryl methyl sites for hydroxylation is 2. The van der Waals surface area contributed by atoms with Gasteiger partial charge in [-0.05, 0) is 85.6 Å². The van der Waals surface area contributed by atoms with Gasteiger partial charge < -0.3 is 19.5 Å². The van der Waals surface area contributed by atoms with E-state index < -0.39 is 0 Å². The van der Waals surface area contributed by atoms with Gasteiger partial charge in [-0.25, -0.2) is 0 Å². The molecule has 0 atom stereocenters. The summed E-state index contributed by atoms with van der Waals surface area (Å²) in [5.74, 6) is 0.892. The fourth-order valence-corrected chi connectivity index (χ4v) is 4.68. The highest BCUT2D eigenvalue weighted by molar-refractivity contribution is 8.18. The van der Waals surface area contributed by atoms with E-state index >= 15 is 0 Å². The van der Waals surface area contributed by atoms with Crippen molar-refractivity contribution in [2.24, 2.45) is 0 Å². The van der Waals surface area contributed by atoms with Crippen LogP contribution in [0.3, 0.4) is 0 Å². The van der Waals surface area contributed by atoms with Crippen molar-refractivity contribution in [3.8, 4) is 17.2 Å². The summed E-state index contributed by atoms with van der Waals surface area (Å²) in [5, 5.41) is 2.42. The smallest absolute Gasteiger partial charge is 0.293 e. The van der Waals surface area contributed by atoms with Crippen LogP contribution in [-0.2, 0) is 9.59 Å². The zero-order valence-corrected chi connectivity index (χ0v) is 22.9. The van der Waals surface area contributed by atoms with Crippen LogP contribution in [0.1, 0.15) is 23.6 Å². The fourth-order valence-electron chi connectivity index (χ4n) is 3.82. The van der Waals surface area contributed by atoms with Crippen molar-refractivity contribution in [3.05, 3.63) is 88.3 Å². The Morgan fingerprint density at radius 1 is 0.923 bits per heavy atom. The van der Waals surface area contributed by atoms with E-state index in [4.69, 9.17) is 14.2 Å². The van der Waals surface area contributed by atoms with Gasteiger partial charge >= 0.3 is 0 Å². The number of anilines is 1. The van der Waals surface area contributed by atoms with E-state index in [1.165, 1.54) is 4.90 Å². The minimum Gasteiger partial charge on any atom is -0.491 e. The number of thioether (sulfide) groups is 1. The molecule has 1 saturated heterocycles. The summed E-state index contributed by atoms with van der Waals surface area (Å²) >= 11 is 0.885. The number of rotatable bonds is 11. The molecule has 0 bridgehead atoms. The second-order valence-electron chi connectivity index (χ2n) is 8.79. The molecule has 3 amide bonds. The highest BCUT2D eigenvalue weighted by Gasteiger charge is 2.34. The third kappa shape index (κ3) is 7.42. The molecule has 4 rings (SSSR count). The molecule has 1 aliphatic heterocycles. The lowest BCUT2D eigenvalue weighted by atomic mass is 10.1. The molecular formula is C30H30N2O6S. The first kappa shape index (κ1) is 27.8. The lowest BCUT2D eigenvalue weighted by Crippen LogP contribution is -2.32. The Bertz CT molecular complexity index is 1390. The van der Waals surface area contributed by atoms with Gasteiger partial charge in [-0.2, -0.15) is 0 Å². The molecule has 1 N–H and O–H groups in total. The number of nitrogens with one attached hydrogen (secondary N) is 1. The summed E-state index contributed by atoms with van der Waals surface area (Å²) < 4.78 is 17.2. The first-order chi connectivity index (χ1) is 18.8. The number of carbonyl (C=O) groups is 3. The van der Waals surface area contributed by atoms with Gasteiger partial charge in [0.1, 0.15) is 12.4 Å². The number of imide groups is 1. The first-order valence-corrected chi connectivity index (χ1v) is 13.4. The summed E-state index contributed by atoms with van der Waals surface area (Å²) in [4.78, 5) is 39.3. The van der Waals surface area contributed by atoms with E-state index in [1.807, 2.05) is 57.2 Å². The van der Waals surface area contributed by atoms with E-state index in [1.54, 1.807) is 36.4 Å². The van der Waals surface area contributed by atoms with Gasteiger partial charge in [-0.1, -0.05) is 36.4 Å². The van der Waals surface area contributed by atoms with Crippen molar-refractivity contribution in [2.45, 2.75) is 20.8 Å². The van der Waals surface area contributed by atoms with E-state index in [9.17, 15) is 14.4 Å². The van der Waals surface area contributed by atoms with Gasteiger partial charge in [0, 0.05) is 5.69 Å². The molecule has 3 aromatic rings. The van der Waals surface area contributed by atoms with Crippen LogP contribution in [-0.4, -0.2) is 48.3 Å². The standard InChI is InChI=1S/C30H30N2O6S/c1-4-36-26-17-22(12-13-24(26)38-19-28(33)31-23-8-6-5-7-9-23)18-27-29(34)32(30(35)39-27)14-15-37-25-16-20(2)10-11-21(25)3/h5-13,16-18H,4,14-15,19H2,1-3H3,(H,31,33)/b27-18-. The molecule has 1 heterocycles. The van der Waals surface area contributed by atoms with E-state index in [-0.39, 0.29) is 36.8 Å². The van der Waals surface area contributed by atoms with Crippen LogP contribution in [0.4, 0.5) is 10.5 Å². The zero-order chi connectivity index (χ0) is 27.8. The van der Waals surface area contributed by atoms with E-state index in [0.717, 1.165) is 28.6 Å². The minimum absolute atomic E-state index is 0.150. The number of ether oxygens (including phenoxy) is 3. The monoisotopic (exact) mass is 546 g/mol. The van der Waals surface area contributed by atoms with Gasteiger partial charge in [0.15, 0.2) is 18.1 Å². The average molecular weight is 547 g/mol. The van der Waals surface area contributed by atoms with Crippen molar-refractivity contribution in [1.29, 1.82) is 0 Å². The van der Waals surface area contributed by atoms with Crippen molar-refractivity contribution in [3.63, 3.8) is 0 Å². The fraction of sp³-hybridized carbons (Fsp3) is 0.233. The molecule has 0 unspecified atom stereocenters. The topological polar surface area (TPSA) is 94.2 Å². The normalized spacial score (nSPS) is 14.0. The number of benzene rings is 3. The lowest BCUT2D eigenvalue weighted by molar-refractivity contribution is -0.123. The van der Waals surface area contributed by atoms with Crippen LogP contribution >= 0.6 is 11.8 Å². The molecule has 8 nitrogen and oxygen atoms in total. The van der Waals surface area contributed by atoms with Crippen LogP contribution in [0, 0.1) is 13.8 Å². The highest BCUT2D eigenvalue weighted by Crippen LogP contribution is 2.34. The number of hydrogen-bond acceptors (Lipinski definition) is 7. The molecule has 1 aliphatic rings. The summed E-state index contributed by atoms with van der Waals surface area (Å²) in [7, 11) is 0. The first-order valence-electron chi connectivity index (χ1n) is 12.5. The molecule has 202 valence electrons. The Morgan fingerprint density at radius 3 is 2.49 bits per heavy atom. The maximum Gasteiger partial charge on any atom is 0.293 e. The van der Waals surface area contributed by atoms with Crippen molar-refractivity contribution in [2.75, 3.05) is 31.7 Å². The predicted octanol–water partition coefficient (Wildman–Crippen LogP) is 5.83. The van der Waals surface area contributed by atoms with E-state index in [0.29, 0.717) is 34.3 Å². The number of amides is 3. The van der Waals surface area contributed by atoms with Gasteiger partial charge in [0.25, 0.3) is 17.1 Å². The Balaban J connectivity index is 1.38. The van der Waals surface area contributed by atoms with Crippen LogP contribution in [0.5, 0.6) is 17.2 Å². The number of para-hydroxylation sites is 1. The molecule has 3 aromatic carbocycles. The lowest BCUT2D eigenvalue weighted by Gasteiger charge is -2.14. The Kier molecular flexibility index (Phi) is 9.27. The molecule has 0 radical (unpaired) electrons. The Hall–Kier alpha value is -4.24. The zero-order valence-electron chi connectivity index (χ0n) is 22.1. The average Bonchev–Trinajstić information content (AvgIpc) is 3.18. The minimum atomic E-state index is -0.370. The van der Waals surface area contributed by atoms with E-state index in [2.05, 4.69) is 5.32 Å². The molecule has 1 fully saturated rings. The molecular weight excluding hydrogens is 516 g/mol. The molecule has 9 heteroatoms. The molecule has 39 heavy (non-hydrogen) atoms. The largest absolute Gasteiger partial charge is 0.491 e. The van der Waals surface area contributed by atoms with Gasteiger partial charge in [0.05, 0.1) is 18.1 Å². The third-order valence-corrected chi connectivity index (χ3v) is 6.68. The summed E-state index contributed by atoms with van der Waals surface area (Å²) in [6.07, 6.45) is 1.64. The molecule has 0 aromatic heterocycles. The Labute approximate surface area is 231 Å². The van der Waals surface area contributed by atoms with Crippen molar-refractivity contribution < 1.29 is 28.6 Å². The predicted molar refractivity (Wildman–Crippen MR) is 152 cm³/mol. The second kappa shape index (κ2) is 13.0. The molecule has 0 saturated carbocycles. The van der Waals surface area contributed by atoms with Crippen LogP contribution in [0.25, 0.3) is 6.08 Å². The van der Waals surface area contributed by atoms with Gasteiger partial charge in [-0.3, -0.25) is 19.3 Å². The maximum absolute atomic E-state index is 12.9. The summed E-state index contributed by atoms with van der Waals surface area (Å²) in [6.45, 7) is 6.30. The molecule has 0 aliphatic carbocycles. The summed E-state index contributed by atoms with van der Waals surface area (Å²) in [6, 6.07) is 20.1. The maximum atomic E-state index is 12.9. The Morgan fingerprint density at radius 2 is 1.72 bits per heavy atom. The highest BCUT2D eigenvalue weighted by atomic mass is 32.2. The number of nitrogens with zero attached hydrogens (tertiary/aromatic N) is 1. The van der Waals surface area contributed by atoms with Crippen LogP contribution < -0.4 is 19.5 Å². The SMILES string of the molecule is CCOc1cc(/C=C2\SC(=O)N(CCOc3cc(C)ccc3C)C2=O)ccc1OCC(=O)Nc1ccccc1. The summed E-state index contributed by atoms with van der Waals surface area (Å²) in [5.41, 5.74) is 3.40. The quantitative estimate of drug-likeness (QED) is 0.302. The number of hydrogen-bond donors (Lipinski definition) is 1. The molecule has 0 spiro atoms. The third-order valence-electron chi connectivity index (χ3n) is 5.77. The van der Waals surface area contributed by atoms with Crippen molar-refractivity contribution in [1.82, 2.24) is 4.90 Å².